The Hall–Kier alpha value is -1.89. The van der Waals surface area contributed by atoms with Gasteiger partial charge in [-0.05, 0) is 25.3 Å². The average Bonchev–Trinajstić information content (AvgIpc) is 2.98. The second kappa shape index (κ2) is 11.1. The number of nitrogens with zero attached hydrogens (tertiary/aromatic N) is 1. The Balaban J connectivity index is 2.01. The van der Waals surface area contributed by atoms with E-state index in [0.29, 0.717) is 27.2 Å². The van der Waals surface area contributed by atoms with Crippen LogP contribution in [0.4, 0.5) is 6.01 Å². The first-order chi connectivity index (χ1) is 13.1. The molecule has 7 heteroatoms. The van der Waals surface area contributed by atoms with Gasteiger partial charge in [-0.1, -0.05) is 52.4 Å². The van der Waals surface area contributed by atoms with Crippen LogP contribution >= 0.6 is 11.3 Å². The number of unbranched alkanes of at least 4 members (excludes halogenated alkanes) is 6. The minimum Gasteiger partial charge on any atom is -0.389 e. The summed E-state index contributed by atoms with van der Waals surface area (Å²) < 4.78 is 5.31. The molecule has 2 aromatic heterocycles. The van der Waals surface area contributed by atoms with Gasteiger partial charge in [0.1, 0.15) is 10.2 Å². The van der Waals surface area contributed by atoms with Crippen LogP contribution in [-0.4, -0.2) is 24.0 Å². The van der Waals surface area contributed by atoms with Gasteiger partial charge in [0, 0.05) is 13.1 Å². The average molecular weight is 394 g/mol. The molecule has 0 aliphatic carbocycles. The zero-order chi connectivity index (χ0) is 19.6. The standard InChI is InChI=1S/C20H31N3O3S/c1-4-6-8-9-10-11-13-22-20-23-18-15(19(25)26-20)14(3)16(27-18)17(24)21-12-7-5-2/h4-13H2,1-3H3,(H,21,24)(H,22,23). The Labute approximate surface area is 164 Å². The van der Waals surface area contributed by atoms with Gasteiger partial charge in [0.15, 0.2) is 0 Å². The summed E-state index contributed by atoms with van der Waals surface area (Å²) in [5, 5.41) is 6.40. The lowest BCUT2D eigenvalue weighted by Crippen LogP contribution is -2.24. The van der Waals surface area contributed by atoms with Crippen molar-refractivity contribution >= 4 is 33.5 Å². The molecule has 2 N–H and O–H groups in total. The van der Waals surface area contributed by atoms with E-state index in [0.717, 1.165) is 32.2 Å². The molecule has 2 rings (SSSR count). The number of carbonyl (C=O) groups is 1. The quantitative estimate of drug-likeness (QED) is 0.503. The van der Waals surface area contributed by atoms with Crippen molar-refractivity contribution < 1.29 is 9.21 Å². The number of aryl methyl sites for hydroxylation is 1. The van der Waals surface area contributed by atoms with E-state index in [1.165, 1.54) is 37.0 Å². The number of nitrogens with one attached hydrogen (secondary N) is 2. The maximum absolute atomic E-state index is 12.4. The SMILES string of the molecule is CCCCCCCCNc1nc2sc(C(=O)NCCCC)c(C)c2c(=O)o1. The monoisotopic (exact) mass is 393 g/mol. The number of aromatic nitrogens is 1. The maximum atomic E-state index is 12.4. The van der Waals surface area contributed by atoms with Crippen molar-refractivity contribution in [2.75, 3.05) is 18.4 Å². The molecule has 27 heavy (non-hydrogen) atoms. The number of amides is 1. The molecule has 6 nitrogen and oxygen atoms in total. The third kappa shape index (κ3) is 6.06. The molecule has 0 aliphatic heterocycles. The van der Waals surface area contributed by atoms with Gasteiger partial charge in [0.2, 0.25) is 0 Å². The molecule has 0 bridgehead atoms. The summed E-state index contributed by atoms with van der Waals surface area (Å²) in [5.74, 6) is -0.148. The zero-order valence-corrected chi connectivity index (χ0v) is 17.5. The zero-order valence-electron chi connectivity index (χ0n) is 16.7. The van der Waals surface area contributed by atoms with Gasteiger partial charge in [-0.15, -0.1) is 11.3 Å². The van der Waals surface area contributed by atoms with Gasteiger partial charge in [-0.25, -0.2) is 4.79 Å². The van der Waals surface area contributed by atoms with Gasteiger partial charge in [-0.3, -0.25) is 4.79 Å². The van der Waals surface area contributed by atoms with E-state index in [-0.39, 0.29) is 11.9 Å². The summed E-state index contributed by atoms with van der Waals surface area (Å²) in [6.45, 7) is 7.41. The number of hydrogen-bond donors (Lipinski definition) is 2. The Bertz CT molecular complexity index is 798. The molecule has 0 radical (unpaired) electrons. The Kier molecular flexibility index (Phi) is 8.78. The molecule has 0 atom stereocenters. The van der Waals surface area contributed by atoms with Crippen molar-refractivity contribution in [3.05, 3.63) is 20.9 Å². The molecule has 0 aliphatic rings. The second-order valence-corrected chi connectivity index (χ2v) is 7.85. The van der Waals surface area contributed by atoms with E-state index >= 15 is 0 Å². The number of anilines is 1. The van der Waals surface area contributed by atoms with Crippen molar-refractivity contribution in [3.63, 3.8) is 0 Å². The minimum atomic E-state index is -0.438. The molecular formula is C20H31N3O3S. The lowest BCUT2D eigenvalue weighted by atomic mass is 10.1. The van der Waals surface area contributed by atoms with Crippen LogP contribution in [0.25, 0.3) is 10.2 Å². The van der Waals surface area contributed by atoms with Crippen LogP contribution in [-0.2, 0) is 0 Å². The molecule has 0 unspecified atom stereocenters. The van der Waals surface area contributed by atoms with Gasteiger partial charge < -0.3 is 15.1 Å². The summed E-state index contributed by atoms with van der Waals surface area (Å²) in [4.78, 5) is 30.2. The number of thiophene rings is 1. The maximum Gasteiger partial charge on any atom is 0.349 e. The fourth-order valence-corrected chi connectivity index (χ4v) is 4.00. The van der Waals surface area contributed by atoms with Gasteiger partial charge in [0.25, 0.3) is 11.9 Å². The van der Waals surface area contributed by atoms with Crippen molar-refractivity contribution in [3.8, 4) is 0 Å². The highest BCUT2D eigenvalue weighted by Crippen LogP contribution is 2.28. The number of carbonyl (C=O) groups excluding carboxylic acids is 1. The fraction of sp³-hybridized carbons (Fsp3) is 0.650. The van der Waals surface area contributed by atoms with Crippen molar-refractivity contribution in [2.24, 2.45) is 0 Å². The fourth-order valence-electron chi connectivity index (χ4n) is 2.92. The van der Waals surface area contributed by atoms with Gasteiger partial charge in [0.05, 0.1) is 4.88 Å². The van der Waals surface area contributed by atoms with Crippen LogP contribution in [0.3, 0.4) is 0 Å². The topological polar surface area (TPSA) is 84.2 Å². The molecule has 1 amide bonds. The normalized spacial score (nSPS) is 11.1. The van der Waals surface area contributed by atoms with Crippen molar-refractivity contribution in [2.45, 2.75) is 72.1 Å². The molecule has 2 aromatic rings. The first-order valence-electron chi connectivity index (χ1n) is 10.0. The summed E-state index contributed by atoms with van der Waals surface area (Å²) in [6, 6.07) is 0.236. The molecule has 150 valence electrons. The largest absolute Gasteiger partial charge is 0.389 e. The van der Waals surface area contributed by atoms with Crippen molar-refractivity contribution in [1.29, 1.82) is 0 Å². The third-order valence-electron chi connectivity index (χ3n) is 4.55. The van der Waals surface area contributed by atoms with E-state index in [2.05, 4.69) is 29.5 Å². The first-order valence-corrected chi connectivity index (χ1v) is 10.9. The van der Waals surface area contributed by atoms with Crippen LogP contribution in [0.5, 0.6) is 0 Å². The highest BCUT2D eigenvalue weighted by Gasteiger charge is 2.20. The Morgan fingerprint density at radius 3 is 2.48 bits per heavy atom. The van der Waals surface area contributed by atoms with Crippen LogP contribution in [0.2, 0.25) is 0 Å². The van der Waals surface area contributed by atoms with Gasteiger partial charge >= 0.3 is 5.63 Å². The molecule has 0 fully saturated rings. The number of fused-ring (bicyclic) bond motifs is 1. The summed E-state index contributed by atoms with van der Waals surface area (Å²) in [6.07, 6.45) is 9.15. The molecule has 0 saturated carbocycles. The van der Waals surface area contributed by atoms with E-state index in [1.807, 2.05) is 0 Å². The molecule has 0 saturated heterocycles. The van der Waals surface area contributed by atoms with E-state index in [1.54, 1.807) is 6.92 Å². The second-order valence-electron chi connectivity index (χ2n) is 6.85. The lowest BCUT2D eigenvalue weighted by molar-refractivity contribution is 0.0956. The summed E-state index contributed by atoms with van der Waals surface area (Å²) in [7, 11) is 0. The van der Waals surface area contributed by atoms with E-state index < -0.39 is 5.63 Å². The van der Waals surface area contributed by atoms with Crippen LogP contribution in [0.15, 0.2) is 9.21 Å². The highest BCUT2D eigenvalue weighted by atomic mass is 32.1. The van der Waals surface area contributed by atoms with Crippen LogP contribution in [0.1, 0.15) is 80.4 Å². The van der Waals surface area contributed by atoms with Crippen molar-refractivity contribution in [1.82, 2.24) is 10.3 Å². The lowest BCUT2D eigenvalue weighted by Gasteiger charge is -2.04. The third-order valence-corrected chi connectivity index (χ3v) is 5.74. The van der Waals surface area contributed by atoms with E-state index in [4.69, 9.17) is 4.42 Å². The number of hydrogen-bond acceptors (Lipinski definition) is 6. The number of rotatable bonds is 12. The highest BCUT2D eigenvalue weighted by molar-refractivity contribution is 7.20. The first kappa shape index (κ1) is 21.4. The molecule has 0 spiro atoms. The molecular weight excluding hydrogens is 362 g/mol. The smallest absolute Gasteiger partial charge is 0.349 e. The minimum absolute atomic E-state index is 0.148. The predicted octanol–water partition coefficient (Wildman–Crippen LogP) is 4.86. The van der Waals surface area contributed by atoms with E-state index in [9.17, 15) is 9.59 Å². The predicted molar refractivity (Wildman–Crippen MR) is 112 cm³/mol. The van der Waals surface area contributed by atoms with Crippen LogP contribution in [0, 0.1) is 6.92 Å². The Morgan fingerprint density at radius 1 is 1.04 bits per heavy atom. The Morgan fingerprint density at radius 2 is 1.74 bits per heavy atom. The van der Waals surface area contributed by atoms with Gasteiger partial charge in [-0.2, -0.15) is 4.98 Å². The summed E-state index contributed by atoms with van der Waals surface area (Å²) in [5.41, 5.74) is 0.208. The molecule has 2 heterocycles. The van der Waals surface area contributed by atoms with Crippen LogP contribution < -0.4 is 16.3 Å². The summed E-state index contributed by atoms with van der Waals surface area (Å²) >= 11 is 1.25. The molecule has 0 aromatic carbocycles.